The predicted molar refractivity (Wildman–Crippen MR) is 93.8 cm³/mol. The summed E-state index contributed by atoms with van der Waals surface area (Å²) in [6.07, 6.45) is 6.24. The van der Waals surface area contributed by atoms with Crippen molar-refractivity contribution in [2.45, 2.75) is 84.7 Å². The lowest BCUT2D eigenvalue weighted by atomic mass is 9.76. The van der Waals surface area contributed by atoms with E-state index in [9.17, 15) is 0 Å². The summed E-state index contributed by atoms with van der Waals surface area (Å²) in [6.45, 7) is 14.3. The molecule has 2 atom stereocenters. The van der Waals surface area contributed by atoms with Crippen LogP contribution in [0.5, 0.6) is 0 Å². The highest BCUT2D eigenvalue weighted by molar-refractivity contribution is 6.71. The normalized spacial score (nSPS) is 29.3. The third-order valence-corrected chi connectivity index (χ3v) is 12.2. The van der Waals surface area contributed by atoms with Crippen molar-refractivity contribution in [3.8, 4) is 0 Å². The Morgan fingerprint density at radius 3 is 1.90 bits per heavy atom. The molecule has 0 radical (unpaired) electrons. The van der Waals surface area contributed by atoms with Gasteiger partial charge in [-0.25, -0.2) is 0 Å². The Kier molecular flexibility index (Phi) is 6.52. The first-order chi connectivity index (χ1) is 9.80. The minimum Gasteiger partial charge on any atom is -0.397 e. The fourth-order valence-corrected chi connectivity index (χ4v) is 11.0. The Hall–Kier alpha value is 0.137. The highest BCUT2D eigenvalue weighted by atomic mass is 28.4. The van der Waals surface area contributed by atoms with E-state index >= 15 is 0 Å². The molecule has 0 aromatic carbocycles. The minimum atomic E-state index is -2.26. The summed E-state index contributed by atoms with van der Waals surface area (Å²) in [5.74, 6) is 1.42. The fraction of sp³-hybridized carbons (Fsp3) is 1.00. The lowest BCUT2D eigenvalue weighted by molar-refractivity contribution is 0.117. The minimum absolute atomic E-state index is 0.228. The van der Waals surface area contributed by atoms with E-state index in [0.29, 0.717) is 11.3 Å². The zero-order valence-electron chi connectivity index (χ0n) is 15.7. The van der Waals surface area contributed by atoms with Gasteiger partial charge in [-0.2, -0.15) is 0 Å². The van der Waals surface area contributed by atoms with Gasteiger partial charge in [0.15, 0.2) is 0 Å². The van der Waals surface area contributed by atoms with E-state index in [0.717, 1.165) is 12.0 Å². The third kappa shape index (κ3) is 2.86. The van der Waals surface area contributed by atoms with Crippen molar-refractivity contribution in [1.82, 2.24) is 0 Å². The third-order valence-electron chi connectivity index (χ3n) is 6.86. The molecule has 0 N–H and O–H groups in total. The second-order valence-corrected chi connectivity index (χ2v) is 11.3. The second kappa shape index (κ2) is 7.14. The van der Waals surface area contributed by atoms with Crippen LogP contribution in [0.4, 0.5) is 0 Å². The average Bonchev–Trinajstić information content (AvgIpc) is 2.72. The highest BCUT2D eigenvalue weighted by Gasteiger charge is 2.67. The number of hydrogen-bond acceptors (Lipinski definition) is 2. The smallest absolute Gasteiger partial charge is 0.345 e. The fourth-order valence-electron chi connectivity index (χ4n) is 5.45. The van der Waals surface area contributed by atoms with Crippen molar-refractivity contribution >= 4 is 8.56 Å². The molecular formula is C18H38O2Si. The standard InChI is InChI=1S/C18H38O2Si/c1-9-16(10-2)14-21(19-7,20-8)18(11-3)15(4)12-13-17(18,5)6/h15-16H,9-14H2,1-8H3. The van der Waals surface area contributed by atoms with Crippen LogP contribution in [0.3, 0.4) is 0 Å². The molecule has 1 aliphatic rings. The monoisotopic (exact) mass is 314 g/mol. The molecule has 0 saturated heterocycles. The van der Waals surface area contributed by atoms with Crippen LogP contribution < -0.4 is 0 Å². The topological polar surface area (TPSA) is 18.5 Å². The molecule has 126 valence electrons. The van der Waals surface area contributed by atoms with Crippen LogP contribution in [0.2, 0.25) is 11.1 Å². The predicted octanol–water partition coefficient (Wildman–Crippen LogP) is 5.76. The maximum atomic E-state index is 6.32. The van der Waals surface area contributed by atoms with Crippen LogP contribution in [0.15, 0.2) is 0 Å². The van der Waals surface area contributed by atoms with Crippen molar-refractivity contribution in [3.05, 3.63) is 0 Å². The van der Waals surface area contributed by atoms with Gasteiger partial charge in [-0.15, -0.1) is 0 Å². The summed E-state index contributed by atoms with van der Waals surface area (Å²) in [5, 5.41) is 0.228. The first-order valence-corrected chi connectivity index (χ1v) is 10.9. The van der Waals surface area contributed by atoms with Gasteiger partial charge in [-0.1, -0.05) is 54.4 Å². The van der Waals surface area contributed by atoms with Gasteiger partial charge in [-0.3, -0.25) is 0 Å². The molecule has 0 heterocycles. The Labute approximate surface area is 134 Å². The molecule has 21 heavy (non-hydrogen) atoms. The van der Waals surface area contributed by atoms with Crippen LogP contribution in [-0.2, 0) is 8.85 Å². The summed E-state index contributed by atoms with van der Waals surface area (Å²) >= 11 is 0. The molecule has 1 fully saturated rings. The van der Waals surface area contributed by atoms with Gasteiger partial charge in [0.05, 0.1) is 0 Å². The van der Waals surface area contributed by atoms with E-state index in [-0.39, 0.29) is 5.04 Å². The van der Waals surface area contributed by atoms with Gasteiger partial charge in [0.2, 0.25) is 0 Å². The zero-order chi connectivity index (χ0) is 16.3. The van der Waals surface area contributed by atoms with E-state index in [4.69, 9.17) is 8.85 Å². The Balaban J connectivity index is 3.34. The average molecular weight is 315 g/mol. The molecule has 2 unspecified atom stereocenters. The van der Waals surface area contributed by atoms with E-state index in [2.05, 4.69) is 41.5 Å². The SMILES string of the molecule is CCC(CC)C[Si](OC)(OC)C1(CC)C(C)CCC1(C)C. The van der Waals surface area contributed by atoms with Crippen LogP contribution in [0, 0.1) is 17.3 Å². The summed E-state index contributed by atoms with van der Waals surface area (Å²) in [7, 11) is 1.56. The van der Waals surface area contributed by atoms with Crippen molar-refractivity contribution < 1.29 is 8.85 Å². The maximum Gasteiger partial charge on any atom is 0.345 e. The Morgan fingerprint density at radius 2 is 1.62 bits per heavy atom. The lowest BCUT2D eigenvalue weighted by Gasteiger charge is -2.54. The molecule has 0 aliphatic heterocycles. The van der Waals surface area contributed by atoms with E-state index in [1.807, 2.05) is 14.2 Å². The lowest BCUT2D eigenvalue weighted by Crippen LogP contribution is -2.59. The molecule has 0 aromatic rings. The van der Waals surface area contributed by atoms with E-state index < -0.39 is 8.56 Å². The van der Waals surface area contributed by atoms with Crippen molar-refractivity contribution in [2.75, 3.05) is 14.2 Å². The molecule has 3 heteroatoms. The van der Waals surface area contributed by atoms with Crippen molar-refractivity contribution in [1.29, 1.82) is 0 Å². The molecule has 1 saturated carbocycles. The summed E-state index contributed by atoms with van der Waals surface area (Å²) in [6, 6.07) is 1.15. The van der Waals surface area contributed by atoms with Gasteiger partial charge < -0.3 is 8.85 Å². The highest BCUT2D eigenvalue weighted by Crippen LogP contribution is 2.69. The first-order valence-electron chi connectivity index (χ1n) is 8.91. The Morgan fingerprint density at radius 1 is 1.10 bits per heavy atom. The van der Waals surface area contributed by atoms with Crippen LogP contribution in [0.1, 0.15) is 73.6 Å². The molecule has 0 spiro atoms. The maximum absolute atomic E-state index is 6.32. The largest absolute Gasteiger partial charge is 0.397 e. The molecule has 0 bridgehead atoms. The molecule has 0 amide bonds. The summed E-state index contributed by atoms with van der Waals surface area (Å²) < 4.78 is 12.6. The van der Waals surface area contributed by atoms with Crippen molar-refractivity contribution in [3.63, 3.8) is 0 Å². The molecule has 1 aliphatic carbocycles. The summed E-state index contributed by atoms with van der Waals surface area (Å²) in [4.78, 5) is 0. The molecule has 1 rings (SSSR count). The first kappa shape index (κ1) is 19.2. The van der Waals surface area contributed by atoms with Gasteiger partial charge in [0.25, 0.3) is 0 Å². The molecule has 2 nitrogen and oxygen atoms in total. The van der Waals surface area contributed by atoms with Crippen LogP contribution >= 0.6 is 0 Å². The van der Waals surface area contributed by atoms with Crippen LogP contribution in [-0.4, -0.2) is 22.8 Å². The van der Waals surface area contributed by atoms with Gasteiger partial charge >= 0.3 is 8.56 Å². The quantitative estimate of drug-likeness (QED) is 0.530. The Bertz CT molecular complexity index is 321. The van der Waals surface area contributed by atoms with E-state index in [1.165, 1.54) is 32.1 Å². The van der Waals surface area contributed by atoms with Gasteiger partial charge in [0, 0.05) is 19.3 Å². The molecular weight excluding hydrogens is 276 g/mol. The summed E-state index contributed by atoms with van der Waals surface area (Å²) in [5.41, 5.74) is 0.311. The van der Waals surface area contributed by atoms with Gasteiger partial charge in [-0.05, 0) is 42.6 Å². The number of rotatable bonds is 8. The van der Waals surface area contributed by atoms with Crippen LogP contribution in [0.25, 0.3) is 0 Å². The molecule has 0 aromatic heterocycles. The van der Waals surface area contributed by atoms with E-state index in [1.54, 1.807) is 0 Å². The zero-order valence-corrected chi connectivity index (χ0v) is 16.7. The van der Waals surface area contributed by atoms with Gasteiger partial charge in [0.1, 0.15) is 0 Å². The number of hydrogen-bond donors (Lipinski definition) is 0. The van der Waals surface area contributed by atoms with Crippen molar-refractivity contribution in [2.24, 2.45) is 17.3 Å². The second-order valence-electron chi connectivity index (χ2n) is 7.70.